The van der Waals surface area contributed by atoms with Crippen LogP contribution in [0.1, 0.15) is 28.4 Å². The van der Waals surface area contributed by atoms with E-state index in [4.69, 9.17) is 21.1 Å². The summed E-state index contributed by atoms with van der Waals surface area (Å²) in [5.41, 5.74) is 4.31. The van der Waals surface area contributed by atoms with Crippen molar-refractivity contribution in [2.45, 2.75) is 13.3 Å². The lowest BCUT2D eigenvalue weighted by Gasteiger charge is -2.09. The third-order valence-corrected chi connectivity index (χ3v) is 5.19. The predicted molar refractivity (Wildman–Crippen MR) is 128 cm³/mol. The zero-order chi connectivity index (χ0) is 22.9. The zero-order valence-electron chi connectivity index (χ0n) is 17.2. The number of halogens is 2. The highest BCUT2D eigenvalue weighted by molar-refractivity contribution is 9.10. The van der Waals surface area contributed by atoms with Crippen LogP contribution >= 0.6 is 27.5 Å². The molecule has 0 aliphatic rings. The van der Waals surface area contributed by atoms with Crippen LogP contribution in [-0.2, 0) is 11.2 Å². The van der Waals surface area contributed by atoms with Crippen LogP contribution in [-0.4, -0.2) is 24.7 Å². The van der Waals surface area contributed by atoms with Crippen LogP contribution in [0.4, 0.5) is 0 Å². The predicted octanol–water partition coefficient (Wildman–Crippen LogP) is 5.41. The average Bonchev–Trinajstić information content (AvgIpc) is 2.80. The molecule has 0 aromatic heterocycles. The normalized spacial score (nSPS) is 10.7. The number of esters is 1. The molecule has 0 aliphatic carbocycles. The molecule has 164 valence electrons. The fraction of sp³-hybridized carbons (Fsp3) is 0.125. The number of benzene rings is 3. The Balaban J connectivity index is 1.61. The number of hydrazone groups is 1. The third-order valence-electron chi connectivity index (χ3n) is 4.36. The van der Waals surface area contributed by atoms with E-state index in [0.717, 1.165) is 10.9 Å². The molecular weight excluding hydrogens is 496 g/mol. The first-order chi connectivity index (χ1) is 15.5. The number of ether oxygens (including phenoxy) is 2. The van der Waals surface area contributed by atoms with E-state index in [0.29, 0.717) is 16.3 Å². The molecule has 0 radical (unpaired) electrons. The molecule has 0 bridgehead atoms. The first-order valence-electron chi connectivity index (χ1n) is 9.76. The largest absolute Gasteiger partial charge is 0.484 e. The Morgan fingerprint density at radius 1 is 1.09 bits per heavy atom. The van der Waals surface area contributed by atoms with Gasteiger partial charge in [0.1, 0.15) is 11.5 Å². The van der Waals surface area contributed by atoms with Crippen molar-refractivity contribution in [3.8, 4) is 11.5 Å². The third kappa shape index (κ3) is 6.67. The molecule has 0 atom stereocenters. The second-order valence-corrected chi connectivity index (χ2v) is 7.95. The van der Waals surface area contributed by atoms with Gasteiger partial charge in [0.2, 0.25) is 0 Å². The van der Waals surface area contributed by atoms with E-state index in [1.807, 2.05) is 24.3 Å². The molecule has 1 N–H and O–H groups in total. The summed E-state index contributed by atoms with van der Waals surface area (Å²) >= 11 is 9.43. The summed E-state index contributed by atoms with van der Waals surface area (Å²) < 4.78 is 11.7. The first-order valence-corrected chi connectivity index (χ1v) is 10.9. The summed E-state index contributed by atoms with van der Waals surface area (Å²) in [5.74, 6) is -0.157. The number of rotatable bonds is 8. The molecule has 6 nitrogen and oxygen atoms in total. The lowest BCUT2D eigenvalue weighted by Crippen LogP contribution is -2.24. The molecule has 0 spiro atoms. The van der Waals surface area contributed by atoms with Crippen molar-refractivity contribution in [3.63, 3.8) is 0 Å². The van der Waals surface area contributed by atoms with Crippen molar-refractivity contribution in [1.29, 1.82) is 0 Å². The Kier molecular flexibility index (Phi) is 8.41. The number of carbonyl (C=O) groups is 2. The fourth-order valence-corrected chi connectivity index (χ4v) is 3.26. The van der Waals surface area contributed by atoms with E-state index in [2.05, 4.69) is 33.4 Å². The Labute approximate surface area is 199 Å². The molecule has 32 heavy (non-hydrogen) atoms. The molecule has 3 aromatic carbocycles. The van der Waals surface area contributed by atoms with Gasteiger partial charge in [0.05, 0.1) is 16.8 Å². The number of nitrogens with one attached hydrogen (secondary N) is 1. The van der Waals surface area contributed by atoms with Gasteiger partial charge in [-0.1, -0.05) is 58.7 Å². The molecule has 3 rings (SSSR count). The summed E-state index contributed by atoms with van der Waals surface area (Å²) in [6.07, 6.45) is 2.31. The topological polar surface area (TPSA) is 77.0 Å². The van der Waals surface area contributed by atoms with Crippen LogP contribution < -0.4 is 14.9 Å². The minimum absolute atomic E-state index is 0.185. The second kappa shape index (κ2) is 11.5. The van der Waals surface area contributed by atoms with Gasteiger partial charge < -0.3 is 9.47 Å². The van der Waals surface area contributed by atoms with Crippen LogP contribution in [0.3, 0.4) is 0 Å². The highest BCUT2D eigenvalue weighted by Gasteiger charge is 2.14. The Bertz CT molecular complexity index is 1130. The minimum Gasteiger partial charge on any atom is -0.484 e. The fourth-order valence-electron chi connectivity index (χ4n) is 2.67. The molecule has 0 saturated heterocycles. The van der Waals surface area contributed by atoms with Crippen molar-refractivity contribution >= 4 is 45.6 Å². The lowest BCUT2D eigenvalue weighted by molar-refractivity contribution is -0.123. The molecule has 0 fully saturated rings. The minimum atomic E-state index is -0.598. The quantitative estimate of drug-likeness (QED) is 0.188. The maximum absolute atomic E-state index is 12.5. The van der Waals surface area contributed by atoms with Crippen molar-refractivity contribution < 1.29 is 19.1 Å². The van der Waals surface area contributed by atoms with Gasteiger partial charge >= 0.3 is 5.97 Å². The van der Waals surface area contributed by atoms with Gasteiger partial charge in [-0.15, -0.1) is 0 Å². The van der Waals surface area contributed by atoms with Gasteiger partial charge in [0.15, 0.2) is 6.61 Å². The molecule has 3 aromatic rings. The first kappa shape index (κ1) is 23.5. The van der Waals surface area contributed by atoms with Crippen molar-refractivity contribution in [2.75, 3.05) is 6.61 Å². The summed E-state index contributed by atoms with van der Waals surface area (Å²) in [6.45, 7) is 1.88. The van der Waals surface area contributed by atoms with Gasteiger partial charge in [0, 0.05) is 10.0 Å². The average molecular weight is 516 g/mol. The van der Waals surface area contributed by atoms with E-state index in [-0.39, 0.29) is 17.9 Å². The molecule has 0 heterocycles. The van der Waals surface area contributed by atoms with Gasteiger partial charge in [-0.25, -0.2) is 10.2 Å². The van der Waals surface area contributed by atoms with Crippen LogP contribution in [0.15, 0.2) is 76.3 Å². The zero-order valence-corrected chi connectivity index (χ0v) is 19.5. The van der Waals surface area contributed by atoms with Crippen LogP contribution in [0, 0.1) is 0 Å². The Hall–Kier alpha value is -3.16. The number of hydrogen-bond acceptors (Lipinski definition) is 5. The second-order valence-electron chi connectivity index (χ2n) is 6.63. The summed E-state index contributed by atoms with van der Waals surface area (Å²) in [7, 11) is 0. The molecule has 0 aliphatic heterocycles. The van der Waals surface area contributed by atoms with Gasteiger partial charge in [-0.2, -0.15) is 5.10 Å². The van der Waals surface area contributed by atoms with Crippen LogP contribution in [0.5, 0.6) is 11.5 Å². The maximum atomic E-state index is 12.5. The summed E-state index contributed by atoms with van der Waals surface area (Å²) in [4.78, 5) is 24.5. The van der Waals surface area contributed by atoms with E-state index in [1.165, 1.54) is 11.8 Å². The van der Waals surface area contributed by atoms with E-state index >= 15 is 0 Å². The Morgan fingerprint density at radius 3 is 2.56 bits per heavy atom. The number of nitrogens with zero attached hydrogens (tertiary/aromatic N) is 1. The standard InChI is InChI=1S/C24H20BrClN2O4/c1-2-16-7-10-19(11-8-16)31-15-23(29)28-27-14-17-13-18(25)9-12-22(17)32-24(30)20-5-3-4-6-21(20)26/h3-14H,2,15H2,1H3,(H,28,29)/b27-14-. The van der Waals surface area contributed by atoms with Crippen LogP contribution in [0.25, 0.3) is 0 Å². The van der Waals surface area contributed by atoms with E-state index < -0.39 is 11.9 Å². The van der Waals surface area contributed by atoms with Crippen LogP contribution in [0.2, 0.25) is 5.02 Å². The molecular formula is C24H20BrClN2O4. The van der Waals surface area contributed by atoms with Gasteiger partial charge in [-0.3, -0.25) is 4.79 Å². The number of aryl methyl sites for hydroxylation is 1. The van der Waals surface area contributed by atoms with E-state index in [1.54, 1.807) is 42.5 Å². The molecule has 1 amide bonds. The molecule has 0 saturated carbocycles. The number of hydrogen-bond donors (Lipinski definition) is 1. The van der Waals surface area contributed by atoms with Crippen molar-refractivity contribution in [3.05, 3.63) is 92.9 Å². The van der Waals surface area contributed by atoms with Crippen molar-refractivity contribution in [2.24, 2.45) is 5.10 Å². The van der Waals surface area contributed by atoms with Crippen molar-refractivity contribution in [1.82, 2.24) is 5.43 Å². The highest BCUT2D eigenvalue weighted by atomic mass is 79.9. The number of amides is 1. The SMILES string of the molecule is CCc1ccc(OCC(=O)N/N=C\c2cc(Br)ccc2OC(=O)c2ccccc2Cl)cc1. The smallest absolute Gasteiger partial charge is 0.345 e. The number of carbonyl (C=O) groups excluding carboxylic acids is 2. The van der Waals surface area contributed by atoms with Gasteiger partial charge in [0.25, 0.3) is 5.91 Å². The molecule has 0 unspecified atom stereocenters. The monoisotopic (exact) mass is 514 g/mol. The Morgan fingerprint density at radius 2 is 1.84 bits per heavy atom. The summed E-state index contributed by atoms with van der Waals surface area (Å²) in [6, 6.07) is 19.2. The molecule has 8 heteroatoms. The maximum Gasteiger partial charge on any atom is 0.345 e. The summed E-state index contributed by atoms with van der Waals surface area (Å²) in [5, 5.41) is 4.23. The van der Waals surface area contributed by atoms with Gasteiger partial charge in [-0.05, 0) is 54.4 Å². The lowest BCUT2D eigenvalue weighted by atomic mass is 10.2. The van der Waals surface area contributed by atoms with E-state index in [9.17, 15) is 9.59 Å². The highest BCUT2D eigenvalue weighted by Crippen LogP contribution is 2.24.